The molecule has 0 radical (unpaired) electrons. The molecule has 3 rings (SSSR count). The zero-order valence-corrected chi connectivity index (χ0v) is 17.8. The Labute approximate surface area is 180 Å². The second kappa shape index (κ2) is 9.28. The molecule has 0 aliphatic carbocycles. The maximum Gasteiger partial charge on any atom is 0.251 e. The van der Waals surface area contributed by atoms with Crippen LogP contribution in [-0.2, 0) is 23.1 Å². The van der Waals surface area contributed by atoms with Crippen molar-refractivity contribution in [1.29, 1.82) is 0 Å². The van der Waals surface area contributed by atoms with Crippen LogP contribution in [0.2, 0.25) is 5.02 Å². The van der Waals surface area contributed by atoms with Crippen molar-refractivity contribution in [2.45, 2.75) is 13.1 Å². The Hall–Kier alpha value is -2.90. The van der Waals surface area contributed by atoms with Crippen LogP contribution >= 0.6 is 11.6 Å². The highest BCUT2D eigenvalue weighted by atomic mass is 35.5. The van der Waals surface area contributed by atoms with Crippen molar-refractivity contribution in [1.82, 2.24) is 5.32 Å². The van der Waals surface area contributed by atoms with E-state index in [1.54, 1.807) is 60.7 Å². The summed E-state index contributed by atoms with van der Waals surface area (Å²) in [6.45, 7) is 0.383. The molecule has 0 bridgehead atoms. The molecule has 0 atom stereocenters. The van der Waals surface area contributed by atoms with Gasteiger partial charge in [-0.3, -0.25) is 9.10 Å². The number of sulfonamides is 1. The minimum atomic E-state index is -3.53. The van der Waals surface area contributed by atoms with E-state index < -0.39 is 10.0 Å². The smallest absolute Gasteiger partial charge is 0.251 e. The van der Waals surface area contributed by atoms with E-state index in [1.165, 1.54) is 16.4 Å². The van der Waals surface area contributed by atoms with E-state index in [4.69, 9.17) is 11.6 Å². The Kier molecular flexibility index (Phi) is 6.74. The first-order valence-corrected chi connectivity index (χ1v) is 11.3. The van der Waals surface area contributed by atoms with Crippen LogP contribution in [-0.4, -0.2) is 20.6 Å². The van der Waals surface area contributed by atoms with E-state index >= 15 is 0 Å². The second-order valence-electron chi connectivity index (χ2n) is 6.76. The second-order valence-corrected chi connectivity index (χ2v) is 9.10. The van der Waals surface area contributed by atoms with Gasteiger partial charge in [0, 0.05) is 17.1 Å². The van der Waals surface area contributed by atoms with E-state index in [0.29, 0.717) is 16.3 Å². The zero-order valence-electron chi connectivity index (χ0n) is 16.2. The summed E-state index contributed by atoms with van der Waals surface area (Å²) < 4.78 is 38.7. The number of carbonyl (C=O) groups excluding carboxylic acids is 1. The quantitative estimate of drug-likeness (QED) is 0.585. The summed E-state index contributed by atoms with van der Waals surface area (Å²) in [6, 6.07) is 19.2. The lowest BCUT2D eigenvalue weighted by molar-refractivity contribution is 0.0951. The van der Waals surface area contributed by atoms with Crippen LogP contribution in [0.5, 0.6) is 0 Å². The summed E-state index contributed by atoms with van der Waals surface area (Å²) in [5.41, 5.74) is 2.41. The number of nitrogens with one attached hydrogen (secondary N) is 1. The summed E-state index contributed by atoms with van der Waals surface area (Å²) in [6.07, 6.45) is 1.13. The summed E-state index contributed by atoms with van der Waals surface area (Å²) in [4.78, 5) is 12.3. The molecule has 3 aromatic rings. The third-order valence-electron chi connectivity index (χ3n) is 4.41. The third kappa shape index (κ3) is 5.81. The molecule has 30 heavy (non-hydrogen) atoms. The van der Waals surface area contributed by atoms with Gasteiger partial charge in [0.2, 0.25) is 10.0 Å². The number of hydrogen-bond acceptors (Lipinski definition) is 3. The largest absolute Gasteiger partial charge is 0.348 e. The number of halogens is 2. The standard InChI is InChI=1S/C22H20ClFN2O3S/c1-30(28,29)26(21-4-2-3-19(23)13-21)15-17-5-9-18(10-6-17)22(27)25-14-16-7-11-20(24)12-8-16/h2-13H,14-15H2,1H3,(H,25,27). The van der Waals surface area contributed by atoms with Crippen LogP contribution in [0.3, 0.4) is 0 Å². The van der Waals surface area contributed by atoms with Gasteiger partial charge in [0.15, 0.2) is 0 Å². The molecule has 0 saturated heterocycles. The molecule has 5 nitrogen and oxygen atoms in total. The van der Waals surface area contributed by atoms with Crippen molar-refractivity contribution in [2.24, 2.45) is 0 Å². The Morgan fingerprint density at radius 2 is 1.63 bits per heavy atom. The first kappa shape index (κ1) is 21.8. The predicted octanol–water partition coefficient (Wildman–Crippen LogP) is 4.38. The van der Waals surface area contributed by atoms with Crippen molar-refractivity contribution >= 4 is 33.2 Å². The van der Waals surface area contributed by atoms with Gasteiger partial charge in [-0.25, -0.2) is 12.8 Å². The van der Waals surface area contributed by atoms with Gasteiger partial charge in [0.25, 0.3) is 5.91 Å². The van der Waals surface area contributed by atoms with Gasteiger partial charge < -0.3 is 5.32 Å². The number of amides is 1. The zero-order chi connectivity index (χ0) is 21.7. The van der Waals surface area contributed by atoms with E-state index in [9.17, 15) is 17.6 Å². The highest BCUT2D eigenvalue weighted by Crippen LogP contribution is 2.24. The monoisotopic (exact) mass is 446 g/mol. The summed E-state index contributed by atoms with van der Waals surface area (Å²) in [5, 5.41) is 3.21. The van der Waals surface area contributed by atoms with Crippen LogP contribution in [0.1, 0.15) is 21.5 Å². The maximum atomic E-state index is 12.9. The molecule has 0 aliphatic rings. The Balaban J connectivity index is 1.69. The summed E-state index contributed by atoms with van der Waals surface area (Å²) >= 11 is 5.99. The van der Waals surface area contributed by atoms with Gasteiger partial charge in [0.1, 0.15) is 5.82 Å². The molecule has 0 unspecified atom stereocenters. The lowest BCUT2D eigenvalue weighted by atomic mass is 10.1. The fourth-order valence-electron chi connectivity index (χ4n) is 2.85. The van der Waals surface area contributed by atoms with Gasteiger partial charge in [-0.1, -0.05) is 41.9 Å². The van der Waals surface area contributed by atoms with Crippen LogP contribution in [0.25, 0.3) is 0 Å². The first-order valence-electron chi connectivity index (χ1n) is 9.07. The highest BCUT2D eigenvalue weighted by Gasteiger charge is 2.18. The van der Waals surface area contributed by atoms with Crippen molar-refractivity contribution in [3.05, 3.63) is 100 Å². The molecule has 0 aliphatic heterocycles. The molecule has 0 fully saturated rings. The molecule has 0 spiro atoms. The number of hydrogen-bond donors (Lipinski definition) is 1. The average Bonchev–Trinajstić information content (AvgIpc) is 2.71. The van der Waals surface area contributed by atoms with E-state index in [2.05, 4.69) is 5.32 Å². The van der Waals surface area contributed by atoms with Gasteiger partial charge in [-0.2, -0.15) is 0 Å². The number of benzene rings is 3. The molecule has 0 saturated carbocycles. The molecular weight excluding hydrogens is 427 g/mol. The SMILES string of the molecule is CS(=O)(=O)N(Cc1ccc(C(=O)NCc2ccc(F)cc2)cc1)c1cccc(Cl)c1. The minimum absolute atomic E-state index is 0.108. The molecule has 0 heterocycles. The third-order valence-corrected chi connectivity index (χ3v) is 5.78. The van der Waals surface area contributed by atoms with Crippen molar-refractivity contribution in [3.63, 3.8) is 0 Å². The number of nitrogens with zero attached hydrogens (tertiary/aromatic N) is 1. The van der Waals surface area contributed by atoms with Crippen LogP contribution < -0.4 is 9.62 Å². The number of rotatable bonds is 7. The predicted molar refractivity (Wildman–Crippen MR) is 116 cm³/mol. The van der Waals surface area contributed by atoms with Gasteiger partial charge in [-0.05, 0) is 53.6 Å². The molecule has 156 valence electrons. The maximum absolute atomic E-state index is 12.9. The minimum Gasteiger partial charge on any atom is -0.348 e. The van der Waals surface area contributed by atoms with E-state index in [0.717, 1.165) is 17.4 Å². The molecular formula is C22H20ClFN2O3S. The lowest BCUT2D eigenvalue weighted by Gasteiger charge is -2.22. The molecule has 0 aromatic heterocycles. The van der Waals surface area contributed by atoms with Crippen LogP contribution in [0, 0.1) is 5.82 Å². The molecule has 8 heteroatoms. The van der Waals surface area contributed by atoms with Crippen LogP contribution in [0.4, 0.5) is 10.1 Å². The normalized spacial score (nSPS) is 11.2. The van der Waals surface area contributed by atoms with Gasteiger partial charge >= 0.3 is 0 Å². The van der Waals surface area contributed by atoms with E-state index in [1.807, 2.05) is 0 Å². The van der Waals surface area contributed by atoms with Crippen molar-refractivity contribution in [2.75, 3.05) is 10.6 Å². The fraction of sp³-hybridized carbons (Fsp3) is 0.136. The number of carbonyl (C=O) groups is 1. The fourth-order valence-corrected chi connectivity index (χ4v) is 3.91. The number of anilines is 1. The van der Waals surface area contributed by atoms with Crippen molar-refractivity contribution in [3.8, 4) is 0 Å². The van der Waals surface area contributed by atoms with Crippen molar-refractivity contribution < 1.29 is 17.6 Å². The highest BCUT2D eigenvalue weighted by molar-refractivity contribution is 7.92. The van der Waals surface area contributed by atoms with Crippen LogP contribution in [0.15, 0.2) is 72.8 Å². The Morgan fingerprint density at radius 3 is 2.23 bits per heavy atom. The lowest BCUT2D eigenvalue weighted by Crippen LogP contribution is -2.29. The van der Waals surface area contributed by atoms with Gasteiger partial charge in [0.05, 0.1) is 18.5 Å². The Morgan fingerprint density at radius 1 is 1.00 bits per heavy atom. The topological polar surface area (TPSA) is 66.5 Å². The Bertz CT molecular complexity index is 1130. The average molecular weight is 447 g/mol. The molecule has 3 aromatic carbocycles. The van der Waals surface area contributed by atoms with E-state index in [-0.39, 0.29) is 24.8 Å². The summed E-state index contributed by atoms with van der Waals surface area (Å²) in [7, 11) is -3.53. The first-order chi connectivity index (χ1) is 14.2. The summed E-state index contributed by atoms with van der Waals surface area (Å²) in [5.74, 6) is -0.609. The molecule has 1 N–H and O–H groups in total. The van der Waals surface area contributed by atoms with Gasteiger partial charge in [-0.15, -0.1) is 0 Å². The molecule has 1 amide bonds.